The monoisotopic (exact) mass is 372 g/mol. The molecule has 0 unspecified atom stereocenters. The number of rotatable bonds is 2. The molecule has 0 N–H and O–H groups in total. The van der Waals surface area contributed by atoms with E-state index in [1.807, 2.05) is 25.1 Å². The fourth-order valence-corrected chi connectivity index (χ4v) is 3.46. The molecule has 1 aromatic heterocycles. The first-order chi connectivity index (χ1) is 12.9. The number of hydrogen-bond acceptors (Lipinski definition) is 3. The van der Waals surface area contributed by atoms with Crippen LogP contribution in [-0.2, 0) is 10.9 Å². The summed E-state index contributed by atoms with van der Waals surface area (Å²) in [6, 6.07) is 13.1. The van der Waals surface area contributed by atoms with Gasteiger partial charge in [-0.1, -0.05) is 24.3 Å². The lowest BCUT2D eigenvalue weighted by Crippen LogP contribution is -2.36. The largest absolute Gasteiger partial charge is 0.416 e. The number of pyridine rings is 1. The van der Waals surface area contributed by atoms with E-state index in [9.17, 15) is 13.2 Å². The smallest absolute Gasteiger partial charge is 0.378 e. The van der Waals surface area contributed by atoms with E-state index >= 15 is 0 Å². The Hall–Kier alpha value is -2.60. The van der Waals surface area contributed by atoms with Gasteiger partial charge in [0, 0.05) is 29.9 Å². The lowest BCUT2D eigenvalue weighted by atomic mass is 10.0. The Morgan fingerprint density at radius 3 is 2.44 bits per heavy atom. The number of anilines is 1. The van der Waals surface area contributed by atoms with Gasteiger partial charge >= 0.3 is 6.18 Å². The predicted octanol–water partition coefficient (Wildman–Crippen LogP) is 5.07. The van der Waals surface area contributed by atoms with E-state index in [0.29, 0.717) is 18.8 Å². The molecule has 1 saturated heterocycles. The molecule has 0 spiro atoms. The van der Waals surface area contributed by atoms with Gasteiger partial charge in [0.05, 0.1) is 24.3 Å². The van der Waals surface area contributed by atoms with E-state index < -0.39 is 11.7 Å². The molecule has 1 fully saturated rings. The van der Waals surface area contributed by atoms with Gasteiger partial charge in [0.15, 0.2) is 0 Å². The molecule has 2 aromatic carbocycles. The van der Waals surface area contributed by atoms with Crippen LogP contribution in [0.2, 0.25) is 0 Å². The summed E-state index contributed by atoms with van der Waals surface area (Å²) in [5.74, 6) is 0. The van der Waals surface area contributed by atoms with Crippen molar-refractivity contribution >= 4 is 16.6 Å². The molecule has 1 aliphatic heterocycles. The third-order valence-corrected chi connectivity index (χ3v) is 4.79. The van der Waals surface area contributed by atoms with Crippen molar-refractivity contribution in [2.24, 2.45) is 0 Å². The quantitative estimate of drug-likeness (QED) is 0.628. The maximum absolute atomic E-state index is 13.0. The van der Waals surface area contributed by atoms with Crippen molar-refractivity contribution in [3.8, 4) is 11.1 Å². The zero-order valence-electron chi connectivity index (χ0n) is 14.9. The Bertz CT molecular complexity index is 979. The molecule has 3 nitrogen and oxygen atoms in total. The molecule has 0 saturated carbocycles. The van der Waals surface area contributed by atoms with Crippen LogP contribution in [0.1, 0.15) is 11.3 Å². The molecule has 27 heavy (non-hydrogen) atoms. The fourth-order valence-electron chi connectivity index (χ4n) is 3.46. The summed E-state index contributed by atoms with van der Waals surface area (Å²) < 4.78 is 44.5. The van der Waals surface area contributed by atoms with Gasteiger partial charge < -0.3 is 9.64 Å². The van der Waals surface area contributed by atoms with Crippen LogP contribution < -0.4 is 4.90 Å². The number of nitrogens with zero attached hydrogens (tertiary/aromatic N) is 2. The topological polar surface area (TPSA) is 25.4 Å². The van der Waals surface area contributed by atoms with E-state index in [2.05, 4.69) is 16.0 Å². The van der Waals surface area contributed by atoms with Gasteiger partial charge in [-0.25, -0.2) is 0 Å². The van der Waals surface area contributed by atoms with Crippen molar-refractivity contribution in [3.05, 3.63) is 59.8 Å². The minimum atomic E-state index is -4.36. The van der Waals surface area contributed by atoms with Crippen LogP contribution in [0.5, 0.6) is 0 Å². The SMILES string of the molecule is Cc1cc(N2CCOCC2)c2ccc(-c3cccc(C(F)(F)F)c3)cc2n1. The molecule has 2 heterocycles. The summed E-state index contributed by atoms with van der Waals surface area (Å²) in [6.45, 7) is 4.93. The fraction of sp³-hybridized carbons (Fsp3) is 0.286. The number of aromatic nitrogens is 1. The van der Waals surface area contributed by atoms with Crippen LogP contribution in [0.3, 0.4) is 0 Å². The summed E-state index contributed by atoms with van der Waals surface area (Å²) in [5, 5.41) is 0.998. The van der Waals surface area contributed by atoms with E-state index in [-0.39, 0.29) is 0 Å². The summed E-state index contributed by atoms with van der Waals surface area (Å²) in [4.78, 5) is 6.88. The first kappa shape index (κ1) is 17.8. The van der Waals surface area contributed by atoms with Crippen LogP contribution in [0.25, 0.3) is 22.0 Å². The molecular formula is C21H19F3N2O. The number of hydrogen-bond donors (Lipinski definition) is 0. The highest BCUT2D eigenvalue weighted by Gasteiger charge is 2.30. The number of ether oxygens (including phenoxy) is 1. The van der Waals surface area contributed by atoms with E-state index in [0.717, 1.165) is 47.0 Å². The van der Waals surface area contributed by atoms with Gasteiger partial charge in [0.25, 0.3) is 0 Å². The standard InChI is InChI=1S/C21H19F3N2O/c1-14-11-20(26-7-9-27-10-8-26)18-6-5-16(13-19(18)25-14)15-3-2-4-17(12-15)21(22,23)24/h2-6,11-13H,7-10H2,1H3. The molecule has 0 radical (unpaired) electrons. The first-order valence-electron chi connectivity index (χ1n) is 8.83. The molecule has 4 rings (SSSR count). The highest BCUT2D eigenvalue weighted by molar-refractivity contribution is 5.94. The van der Waals surface area contributed by atoms with Crippen molar-refractivity contribution in [3.63, 3.8) is 0 Å². The summed E-state index contributed by atoms with van der Waals surface area (Å²) in [6.07, 6.45) is -4.36. The number of fused-ring (bicyclic) bond motifs is 1. The lowest BCUT2D eigenvalue weighted by Gasteiger charge is -2.30. The minimum Gasteiger partial charge on any atom is -0.378 e. The molecule has 140 valence electrons. The molecule has 6 heteroatoms. The molecular weight excluding hydrogens is 353 g/mol. The Morgan fingerprint density at radius 2 is 1.70 bits per heavy atom. The lowest BCUT2D eigenvalue weighted by molar-refractivity contribution is -0.137. The number of morpholine rings is 1. The van der Waals surface area contributed by atoms with Gasteiger partial charge in [-0.3, -0.25) is 4.98 Å². The van der Waals surface area contributed by atoms with Crippen molar-refractivity contribution in [2.45, 2.75) is 13.1 Å². The molecule has 0 amide bonds. The van der Waals surface area contributed by atoms with Crippen LogP contribution in [0.15, 0.2) is 48.5 Å². The third-order valence-electron chi connectivity index (χ3n) is 4.79. The first-order valence-corrected chi connectivity index (χ1v) is 8.83. The third kappa shape index (κ3) is 3.62. The van der Waals surface area contributed by atoms with Crippen LogP contribution in [0, 0.1) is 6.92 Å². The maximum Gasteiger partial charge on any atom is 0.416 e. The van der Waals surface area contributed by atoms with Gasteiger partial charge in [0.2, 0.25) is 0 Å². The van der Waals surface area contributed by atoms with Crippen molar-refractivity contribution < 1.29 is 17.9 Å². The van der Waals surface area contributed by atoms with Gasteiger partial charge in [0.1, 0.15) is 0 Å². The zero-order chi connectivity index (χ0) is 19.0. The Kier molecular flexibility index (Phi) is 4.52. The van der Waals surface area contributed by atoms with Crippen molar-refractivity contribution in [1.82, 2.24) is 4.98 Å². The maximum atomic E-state index is 13.0. The summed E-state index contributed by atoms with van der Waals surface area (Å²) in [7, 11) is 0. The second kappa shape index (κ2) is 6.85. The van der Waals surface area contributed by atoms with Gasteiger partial charge in [-0.15, -0.1) is 0 Å². The second-order valence-corrected chi connectivity index (χ2v) is 6.69. The van der Waals surface area contributed by atoms with E-state index in [1.165, 1.54) is 12.1 Å². The highest BCUT2D eigenvalue weighted by Crippen LogP contribution is 2.34. The molecule has 0 atom stereocenters. The van der Waals surface area contributed by atoms with Crippen LogP contribution in [0.4, 0.5) is 18.9 Å². The minimum absolute atomic E-state index is 0.531. The Labute approximate surface area is 155 Å². The van der Waals surface area contributed by atoms with Crippen LogP contribution in [-0.4, -0.2) is 31.3 Å². The number of halogens is 3. The predicted molar refractivity (Wildman–Crippen MR) is 100.0 cm³/mol. The normalized spacial score (nSPS) is 15.3. The second-order valence-electron chi connectivity index (χ2n) is 6.69. The highest BCUT2D eigenvalue weighted by atomic mass is 19.4. The molecule has 0 bridgehead atoms. The molecule has 1 aliphatic rings. The summed E-state index contributed by atoms with van der Waals surface area (Å²) in [5.41, 5.74) is 3.36. The number of alkyl halides is 3. The Balaban J connectivity index is 1.79. The van der Waals surface area contributed by atoms with Gasteiger partial charge in [-0.05, 0) is 42.3 Å². The van der Waals surface area contributed by atoms with Crippen molar-refractivity contribution in [2.75, 3.05) is 31.2 Å². The average Bonchev–Trinajstić information content (AvgIpc) is 2.67. The summed E-state index contributed by atoms with van der Waals surface area (Å²) >= 11 is 0. The van der Waals surface area contributed by atoms with Gasteiger partial charge in [-0.2, -0.15) is 13.2 Å². The van der Waals surface area contributed by atoms with E-state index in [4.69, 9.17) is 4.74 Å². The van der Waals surface area contributed by atoms with E-state index in [1.54, 1.807) is 6.07 Å². The zero-order valence-corrected chi connectivity index (χ0v) is 14.9. The molecule has 0 aliphatic carbocycles. The Morgan fingerprint density at radius 1 is 0.963 bits per heavy atom. The number of benzene rings is 2. The molecule has 3 aromatic rings. The van der Waals surface area contributed by atoms with Crippen LogP contribution >= 0.6 is 0 Å². The van der Waals surface area contributed by atoms with Crippen molar-refractivity contribution in [1.29, 1.82) is 0 Å². The number of aryl methyl sites for hydroxylation is 1. The average molecular weight is 372 g/mol.